The first kappa shape index (κ1) is 18.5. The molecule has 0 spiro atoms. The van der Waals surface area contributed by atoms with E-state index >= 15 is 0 Å². The normalized spacial score (nSPS) is 13.1. The van der Waals surface area contributed by atoms with E-state index in [-0.39, 0.29) is 0 Å². The van der Waals surface area contributed by atoms with Gasteiger partial charge in [-0.1, -0.05) is 0 Å². The Morgan fingerprint density at radius 3 is 1.35 bits per heavy atom. The zero-order valence-corrected chi connectivity index (χ0v) is 20.1. The molecule has 0 aromatic carbocycles. The molecule has 0 rings (SSSR count). The van der Waals surface area contributed by atoms with E-state index < -0.39 is 43.9 Å². The van der Waals surface area contributed by atoms with Gasteiger partial charge in [-0.2, -0.15) is 0 Å². The fraction of sp³-hybridized carbons (Fsp3) is 1.00. The second-order valence-corrected chi connectivity index (χ2v) is 17.2. The Morgan fingerprint density at radius 2 is 1.06 bits per heavy atom. The molecule has 5 heteroatoms. The van der Waals surface area contributed by atoms with Crippen molar-refractivity contribution in [2.24, 2.45) is 11.8 Å². The van der Waals surface area contributed by atoms with Gasteiger partial charge in [-0.15, -0.1) is 0 Å². The van der Waals surface area contributed by atoms with Gasteiger partial charge in [-0.05, 0) is 0 Å². The standard InChI is InChI=1S/2C6H13O.O.2Sn.4H/c2*1-3-6(4-2)5-7;;;;;;;/h2*6H,3-5H2,1-2H3;;;;;;;/q2*-1;;2*+1;;;;. The summed E-state index contributed by atoms with van der Waals surface area (Å²) in [6, 6.07) is 0. The van der Waals surface area contributed by atoms with Crippen LogP contribution in [0.4, 0.5) is 0 Å². The van der Waals surface area contributed by atoms with Gasteiger partial charge in [0.1, 0.15) is 0 Å². The Bertz CT molecular complexity index is 135. The van der Waals surface area contributed by atoms with Gasteiger partial charge >= 0.3 is 130 Å². The minimum absolute atomic E-state index is 0.732. The van der Waals surface area contributed by atoms with Crippen molar-refractivity contribution in [3.05, 3.63) is 0 Å². The third kappa shape index (κ3) is 11.0. The molecule has 17 heavy (non-hydrogen) atoms. The van der Waals surface area contributed by atoms with E-state index in [4.69, 9.17) is 7.56 Å². The molecule has 0 atom stereocenters. The summed E-state index contributed by atoms with van der Waals surface area (Å²) in [6.07, 6.45) is 4.88. The first-order valence-corrected chi connectivity index (χ1v) is 13.6. The van der Waals surface area contributed by atoms with E-state index in [2.05, 4.69) is 27.7 Å². The molecule has 104 valence electrons. The van der Waals surface area contributed by atoms with Crippen LogP contribution in [0.3, 0.4) is 0 Å². The van der Waals surface area contributed by atoms with Crippen LogP contribution in [-0.2, 0) is 7.56 Å². The molecule has 0 heterocycles. The molecule has 0 aromatic rings. The third-order valence-electron chi connectivity index (χ3n) is 3.35. The monoisotopic (exact) mass is 462 g/mol. The van der Waals surface area contributed by atoms with Gasteiger partial charge < -0.3 is 0 Å². The number of rotatable bonds is 12. The fourth-order valence-electron chi connectivity index (χ4n) is 1.63. The van der Waals surface area contributed by atoms with Crippen molar-refractivity contribution in [1.82, 2.24) is 0 Å². The van der Waals surface area contributed by atoms with Crippen molar-refractivity contribution < 1.29 is 7.56 Å². The van der Waals surface area contributed by atoms with Crippen LogP contribution in [-0.4, -0.2) is 57.2 Å². The second kappa shape index (κ2) is 13.9. The zero-order chi connectivity index (χ0) is 12.9. The summed E-state index contributed by atoms with van der Waals surface area (Å²) in [5.74, 6) is 1.46. The zero-order valence-electron chi connectivity index (χ0n) is 12.0. The summed E-state index contributed by atoms with van der Waals surface area (Å²) in [5.41, 5.74) is 0. The Hall–Kier alpha value is 1.48. The topological polar surface area (TPSA) is 27.7 Å². The van der Waals surface area contributed by atoms with Crippen molar-refractivity contribution in [1.29, 1.82) is 0 Å². The third-order valence-corrected chi connectivity index (χ3v) is 13.0. The molecule has 0 unspecified atom stereocenters. The van der Waals surface area contributed by atoms with Crippen LogP contribution in [0.25, 0.3) is 0 Å². The average molecular weight is 460 g/mol. The van der Waals surface area contributed by atoms with Crippen LogP contribution in [0.5, 0.6) is 0 Å². The minimum atomic E-state index is -1.34. The Labute approximate surface area is 129 Å². The van der Waals surface area contributed by atoms with Gasteiger partial charge in [0.2, 0.25) is 0 Å². The van der Waals surface area contributed by atoms with Gasteiger partial charge in [0.25, 0.3) is 0 Å². The van der Waals surface area contributed by atoms with Gasteiger partial charge in [0, 0.05) is 0 Å². The Kier molecular flexibility index (Phi) is 15.1. The molecule has 0 bridgehead atoms. The Balaban J connectivity index is 3.23. The fourth-order valence-corrected chi connectivity index (χ4v) is 10.8. The summed E-state index contributed by atoms with van der Waals surface area (Å²) in [6.45, 7) is 10.7. The van der Waals surface area contributed by atoms with E-state index in [9.17, 15) is 0 Å². The van der Waals surface area contributed by atoms with E-state index in [0.29, 0.717) is 0 Å². The molecule has 0 N–H and O–H groups in total. The summed E-state index contributed by atoms with van der Waals surface area (Å²) in [5, 5.41) is 0. The van der Waals surface area contributed by atoms with Gasteiger partial charge in [0.15, 0.2) is 0 Å². The summed E-state index contributed by atoms with van der Waals surface area (Å²) >= 11 is -2.69. The summed E-state index contributed by atoms with van der Waals surface area (Å²) in [4.78, 5) is 0. The Morgan fingerprint density at radius 1 is 0.706 bits per heavy atom. The van der Waals surface area contributed by atoms with E-state index in [0.717, 1.165) is 25.0 Å². The molecule has 0 fully saturated rings. The van der Waals surface area contributed by atoms with Crippen LogP contribution in [0.2, 0.25) is 0 Å². The van der Waals surface area contributed by atoms with Crippen molar-refractivity contribution in [3.63, 3.8) is 0 Å². The van der Waals surface area contributed by atoms with Crippen LogP contribution >= 0.6 is 0 Å². The predicted octanol–water partition coefficient (Wildman–Crippen LogP) is 1.91. The second-order valence-electron chi connectivity index (χ2n) is 4.55. The molecule has 0 aliphatic heterocycles. The molecule has 3 nitrogen and oxygen atoms in total. The summed E-state index contributed by atoms with van der Waals surface area (Å²) in [7, 11) is 0. The number of hydrogen-bond acceptors (Lipinski definition) is 3. The van der Waals surface area contributed by atoms with Gasteiger partial charge in [-0.25, -0.2) is 0 Å². The molecule has 0 aromatic heterocycles. The van der Waals surface area contributed by atoms with Crippen LogP contribution < -0.4 is 0 Å². The first-order valence-electron chi connectivity index (χ1n) is 7.01. The predicted molar refractivity (Wildman–Crippen MR) is 78.2 cm³/mol. The molecular formula is C12H30O3Sn2. The van der Waals surface area contributed by atoms with E-state index in [1.807, 2.05) is 0 Å². The molecule has 0 radical (unpaired) electrons. The molecule has 0 saturated carbocycles. The van der Waals surface area contributed by atoms with Crippen LogP contribution in [0.15, 0.2) is 0 Å². The average Bonchev–Trinajstić information content (AvgIpc) is 2.37. The van der Waals surface area contributed by atoms with Crippen LogP contribution in [0, 0.1) is 11.8 Å². The van der Waals surface area contributed by atoms with Crippen molar-refractivity contribution >= 4 is 43.9 Å². The maximum atomic E-state index is 5.70. The van der Waals surface area contributed by atoms with Crippen molar-refractivity contribution in [2.45, 2.75) is 53.4 Å². The van der Waals surface area contributed by atoms with Gasteiger partial charge in [0.05, 0.1) is 0 Å². The van der Waals surface area contributed by atoms with E-state index in [1.54, 1.807) is 0 Å². The molecule has 0 saturated heterocycles. The molecule has 0 amide bonds. The molecule has 0 aliphatic rings. The molecular weight excluding hydrogens is 430 g/mol. The quantitative estimate of drug-likeness (QED) is 0.330. The van der Waals surface area contributed by atoms with Gasteiger partial charge in [-0.3, -0.25) is 0 Å². The first-order chi connectivity index (χ1) is 8.28. The molecule has 0 aliphatic carbocycles. The van der Waals surface area contributed by atoms with Crippen LogP contribution in [0.1, 0.15) is 53.4 Å². The SMILES string of the molecule is CCC(CC)C[O][SnH2][O][SnH2][O]CC(CC)CC. The van der Waals surface area contributed by atoms with Crippen molar-refractivity contribution in [3.8, 4) is 0 Å². The van der Waals surface area contributed by atoms with Crippen molar-refractivity contribution in [2.75, 3.05) is 13.2 Å². The summed E-state index contributed by atoms with van der Waals surface area (Å²) < 4.78 is 17.1. The van der Waals surface area contributed by atoms with E-state index in [1.165, 1.54) is 25.7 Å². The maximum absolute atomic E-state index is 5.70. The number of hydrogen-bond donors (Lipinski definition) is 0.